The third-order valence-corrected chi connectivity index (χ3v) is 3.25. The number of Topliss-reactive ketones (excluding diaryl/α,β-unsaturated/α-hetero) is 1. The van der Waals surface area contributed by atoms with Crippen LogP contribution in [-0.4, -0.2) is 23.5 Å². The molecule has 1 rings (SSSR count). The zero-order valence-electron chi connectivity index (χ0n) is 12.6. The van der Waals surface area contributed by atoms with Gasteiger partial charge in [-0.05, 0) is 30.7 Å². The monoisotopic (exact) mass is 292 g/mol. The fourth-order valence-electron chi connectivity index (χ4n) is 2.05. The van der Waals surface area contributed by atoms with Crippen molar-refractivity contribution in [3.8, 4) is 5.75 Å². The van der Waals surface area contributed by atoms with E-state index in [1.807, 2.05) is 0 Å². The molecule has 116 valence electrons. The number of ether oxygens (including phenoxy) is 1. The molecule has 1 aromatic rings. The molecule has 4 heteroatoms. The molecule has 21 heavy (non-hydrogen) atoms. The number of carboxylic acids is 1. The molecule has 1 N–H and O–H groups in total. The van der Waals surface area contributed by atoms with Crippen LogP contribution in [-0.2, 0) is 4.79 Å². The molecule has 0 amide bonds. The molecular weight excluding hydrogens is 268 g/mol. The predicted octanol–water partition coefficient (Wildman–Crippen LogP) is 4.08. The van der Waals surface area contributed by atoms with Crippen LogP contribution in [0.2, 0.25) is 0 Å². The standard InChI is InChI=1S/C17H24O4/c1-2-3-4-5-6-7-12-21-15-10-8-14(9-11-15)16(18)13-17(19)20/h8-11H,2-7,12-13H2,1H3,(H,19,20). The number of unbranched alkanes of at least 4 members (excludes halogenated alkanes) is 5. The molecule has 0 radical (unpaired) electrons. The highest BCUT2D eigenvalue weighted by molar-refractivity contribution is 6.05. The highest BCUT2D eigenvalue weighted by Crippen LogP contribution is 2.14. The second-order valence-electron chi connectivity index (χ2n) is 5.13. The van der Waals surface area contributed by atoms with E-state index in [4.69, 9.17) is 9.84 Å². The number of carbonyl (C=O) groups is 2. The Bertz CT molecular complexity index is 437. The van der Waals surface area contributed by atoms with Gasteiger partial charge in [0.1, 0.15) is 12.2 Å². The van der Waals surface area contributed by atoms with Crippen molar-refractivity contribution in [3.63, 3.8) is 0 Å². The minimum absolute atomic E-state index is 0.384. The Morgan fingerprint density at radius 1 is 1.00 bits per heavy atom. The van der Waals surface area contributed by atoms with Crippen molar-refractivity contribution < 1.29 is 19.4 Å². The van der Waals surface area contributed by atoms with Crippen LogP contribution >= 0.6 is 0 Å². The second-order valence-corrected chi connectivity index (χ2v) is 5.13. The second kappa shape index (κ2) is 9.97. The maximum Gasteiger partial charge on any atom is 0.311 e. The third-order valence-electron chi connectivity index (χ3n) is 3.25. The van der Waals surface area contributed by atoms with E-state index in [0.29, 0.717) is 12.2 Å². The van der Waals surface area contributed by atoms with Gasteiger partial charge in [0.2, 0.25) is 0 Å². The van der Waals surface area contributed by atoms with Gasteiger partial charge < -0.3 is 9.84 Å². The Morgan fingerprint density at radius 3 is 2.24 bits per heavy atom. The van der Waals surface area contributed by atoms with Crippen molar-refractivity contribution >= 4 is 11.8 Å². The van der Waals surface area contributed by atoms with Gasteiger partial charge in [-0.2, -0.15) is 0 Å². The van der Waals surface area contributed by atoms with Crippen LogP contribution in [0.3, 0.4) is 0 Å². The van der Waals surface area contributed by atoms with E-state index in [0.717, 1.165) is 12.2 Å². The molecule has 0 aliphatic heterocycles. The first-order valence-corrected chi connectivity index (χ1v) is 7.61. The molecule has 0 spiro atoms. The van der Waals surface area contributed by atoms with Crippen molar-refractivity contribution in [2.75, 3.05) is 6.61 Å². The van der Waals surface area contributed by atoms with Gasteiger partial charge in [-0.3, -0.25) is 9.59 Å². The maximum absolute atomic E-state index is 11.5. The number of benzene rings is 1. The van der Waals surface area contributed by atoms with Crippen molar-refractivity contribution in [1.29, 1.82) is 0 Å². The van der Waals surface area contributed by atoms with Gasteiger partial charge >= 0.3 is 5.97 Å². The zero-order chi connectivity index (χ0) is 15.5. The normalized spacial score (nSPS) is 10.3. The number of carbonyl (C=O) groups excluding carboxylic acids is 1. The highest BCUT2D eigenvalue weighted by atomic mass is 16.5. The van der Waals surface area contributed by atoms with Gasteiger partial charge in [0.05, 0.1) is 6.61 Å². The van der Waals surface area contributed by atoms with Crippen LogP contribution in [0.4, 0.5) is 0 Å². The van der Waals surface area contributed by atoms with Crippen LogP contribution < -0.4 is 4.74 Å². The molecule has 0 atom stereocenters. The smallest absolute Gasteiger partial charge is 0.311 e. The van der Waals surface area contributed by atoms with Gasteiger partial charge in [-0.15, -0.1) is 0 Å². The molecule has 0 bridgehead atoms. The SMILES string of the molecule is CCCCCCCCOc1ccc(C(=O)CC(=O)O)cc1. The van der Waals surface area contributed by atoms with E-state index in [-0.39, 0.29) is 5.78 Å². The quantitative estimate of drug-likeness (QED) is 0.379. The lowest BCUT2D eigenvalue weighted by molar-refractivity contribution is -0.135. The summed E-state index contributed by atoms with van der Waals surface area (Å²) in [5.74, 6) is -0.774. The molecule has 4 nitrogen and oxygen atoms in total. The lowest BCUT2D eigenvalue weighted by Crippen LogP contribution is -2.06. The highest BCUT2D eigenvalue weighted by Gasteiger charge is 2.10. The summed E-state index contributed by atoms with van der Waals surface area (Å²) in [7, 11) is 0. The number of rotatable bonds is 11. The zero-order valence-corrected chi connectivity index (χ0v) is 12.6. The summed E-state index contributed by atoms with van der Waals surface area (Å²) in [5, 5.41) is 8.57. The summed E-state index contributed by atoms with van der Waals surface area (Å²) in [6.07, 6.45) is 6.82. The van der Waals surface area contributed by atoms with E-state index < -0.39 is 12.4 Å². The number of ketones is 1. The average molecular weight is 292 g/mol. The Hall–Kier alpha value is -1.84. The van der Waals surface area contributed by atoms with Gasteiger partial charge in [0, 0.05) is 5.56 Å². The van der Waals surface area contributed by atoms with E-state index in [1.165, 1.54) is 32.1 Å². The molecule has 0 unspecified atom stereocenters. The number of hydrogen-bond donors (Lipinski definition) is 1. The Labute approximate surface area is 126 Å². The summed E-state index contributed by atoms with van der Waals surface area (Å²) >= 11 is 0. The fraction of sp³-hybridized carbons (Fsp3) is 0.529. The minimum Gasteiger partial charge on any atom is -0.494 e. The van der Waals surface area contributed by atoms with Crippen LogP contribution in [0.5, 0.6) is 5.75 Å². The molecule has 0 fully saturated rings. The van der Waals surface area contributed by atoms with Gasteiger partial charge in [-0.1, -0.05) is 39.0 Å². The van der Waals surface area contributed by atoms with Gasteiger partial charge in [-0.25, -0.2) is 0 Å². The lowest BCUT2D eigenvalue weighted by Gasteiger charge is -2.06. The topological polar surface area (TPSA) is 63.6 Å². The van der Waals surface area contributed by atoms with E-state index in [2.05, 4.69) is 6.92 Å². The van der Waals surface area contributed by atoms with Gasteiger partial charge in [0.15, 0.2) is 5.78 Å². The molecule has 0 aromatic heterocycles. The Morgan fingerprint density at radius 2 is 1.62 bits per heavy atom. The van der Waals surface area contributed by atoms with E-state index >= 15 is 0 Å². The Balaban J connectivity index is 2.25. The van der Waals surface area contributed by atoms with Crippen LogP contribution in [0.25, 0.3) is 0 Å². The molecule has 0 saturated heterocycles. The largest absolute Gasteiger partial charge is 0.494 e. The predicted molar refractivity (Wildman–Crippen MR) is 81.9 cm³/mol. The fourth-order valence-corrected chi connectivity index (χ4v) is 2.05. The number of hydrogen-bond acceptors (Lipinski definition) is 3. The summed E-state index contributed by atoms with van der Waals surface area (Å²) in [6.45, 7) is 2.88. The van der Waals surface area contributed by atoms with Gasteiger partial charge in [0.25, 0.3) is 0 Å². The first kappa shape index (κ1) is 17.2. The van der Waals surface area contributed by atoms with E-state index in [9.17, 15) is 9.59 Å². The van der Waals surface area contributed by atoms with E-state index in [1.54, 1.807) is 24.3 Å². The third kappa shape index (κ3) is 7.49. The Kier molecular flexibility index (Phi) is 8.17. The molecule has 1 aromatic carbocycles. The van der Waals surface area contributed by atoms with Crippen LogP contribution in [0.15, 0.2) is 24.3 Å². The van der Waals surface area contributed by atoms with Crippen molar-refractivity contribution in [3.05, 3.63) is 29.8 Å². The lowest BCUT2D eigenvalue weighted by atomic mass is 10.1. The van der Waals surface area contributed by atoms with Crippen LogP contribution in [0.1, 0.15) is 62.2 Å². The van der Waals surface area contributed by atoms with Crippen LogP contribution in [0, 0.1) is 0 Å². The summed E-state index contributed by atoms with van der Waals surface area (Å²) in [6, 6.07) is 6.65. The molecule has 0 aliphatic carbocycles. The molecule has 0 aliphatic rings. The maximum atomic E-state index is 11.5. The number of aliphatic carboxylic acids is 1. The van der Waals surface area contributed by atoms with Crippen molar-refractivity contribution in [2.45, 2.75) is 51.9 Å². The number of carboxylic acid groups (broad SMARTS) is 1. The first-order valence-electron chi connectivity index (χ1n) is 7.61. The van der Waals surface area contributed by atoms with Crippen molar-refractivity contribution in [1.82, 2.24) is 0 Å². The first-order chi connectivity index (χ1) is 10.1. The molecule has 0 heterocycles. The minimum atomic E-state index is -1.11. The molecular formula is C17H24O4. The summed E-state index contributed by atoms with van der Waals surface area (Å²) in [4.78, 5) is 22.0. The summed E-state index contributed by atoms with van der Waals surface area (Å²) < 4.78 is 5.60. The molecule has 0 saturated carbocycles. The summed E-state index contributed by atoms with van der Waals surface area (Å²) in [5.41, 5.74) is 0.407. The average Bonchev–Trinajstić information content (AvgIpc) is 2.46. The van der Waals surface area contributed by atoms with Crippen molar-refractivity contribution in [2.24, 2.45) is 0 Å².